The molecule has 0 aromatic heterocycles. The lowest BCUT2D eigenvalue weighted by Gasteiger charge is -2.60. The van der Waals surface area contributed by atoms with Gasteiger partial charge < -0.3 is 14.2 Å². The van der Waals surface area contributed by atoms with Crippen LogP contribution in [0.1, 0.15) is 51.4 Å². The van der Waals surface area contributed by atoms with Gasteiger partial charge in [-0.1, -0.05) is 6.58 Å². The molecular formula is C21H25F7O5. The fourth-order valence-electron chi connectivity index (χ4n) is 5.80. The van der Waals surface area contributed by atoms with Gasteiger partial charge in [-0.3, -0.25) is 4.79 Å². The predicted octanol–water partition coefficient (Wildman–Crippen LogP) is 4.98. The van der Waals surface area contributed by atoms with Gasteiger partial charge >= 0.3 is 24.0 Å². The van der Waals surface area contributed by atoms with E-state index in [0.29, 0.717) is 32.1 Å². The summed E-state index contributed by atoms with van der Waals surface area (Å²) in [6, 6.07) is 0. The third-order valence-corrected chi connectivity index (χ3v) is 6.49. The van der Waals surface area contributed by atoms with Crippen LogP contribution in [0.15, 0.2) is 12.7 Å². The number of rotatable bonds is 10. The maximum Gasteiger partial charge on any atom is 0.453 e. The van der Waals surface area contributed by atoms with Crippen LogP contribution in [0.25, 0.3) is 0 Å². The average molecular weight is 490 g/mol. The number of carbonyl (C=O) groups excluding carboxylic acids is 2. The standard InChI is InChI=1S/C21H25F7O5/c1-2-15(29)33-18-8-13-5-14(9-18)7-17(6-13,11-18)32-4-3-31-16(30)10-19(22,23)12-20(24,25)21(26,27)28/h2,13-14H,1,3-12H2. The molecule has 2 unspecified atom stereocenters. The van der Waals surface area contributed by atoms with Crippen molar-refractivity contribution in [3.05, 3.63) is 12.7 Å². The summed E-state index contributed by atoms with van der Waals surface area (Å²) in [5.41, 5.74) is -1.30. The SMILES string of the molecule is C=CC(=O)OC12CC3CC(CC(OCCOC(=O)CC(F)(F)CC(F)(F)C(F)(F)F)(C3)C1)C2. The molecule has 4 bridgehead atoms. The second-order valence-electron chi connectivity index (χ2n) is 9.43. The Morgan fingerprint density at radius 2 is 1.52 bits per heavy atom. The minimum Gasteiger partial charge on any atom is -0.463 e. The summed E-state index contributed by atoms with van der Waals surface area (Å²) in [5.74, 6) is -11.8. The van der Waals surface area contributed by atoms with Gasteiger partial charge in [-0.2, -0.15) is 22.0 Å². The van der Waals surface area contributed by atoms with E-state index in [1.807, 2.05) is 0 Å². The zero-order valence-corrected chi connectivity index (χ0v) is 17.7. The number of hydrogen-bond donors (Lipinski definition) is 0. The van der Waals surface area contributed by atoms with Crippen molar-refractivity contribution < 1.29 is 54.5 Å². The zero-order valence-electron chi connectivity index (χ0n) is 17.7. The molecule has 4 aliphatic rings. The van der Waals surface area contributed by atoms with Gasteiger partial charge in [0, 0.05) is 12.5 Å². The molecule has 0 heterocycles. The summed E-state index contributed by atoms with van der Waals surface area (Å²) in [5, 5.41) is 0. The quantitative estimate of drug-likeness (QED) is 0.187. The van der Waals surface area contributed by atoms with Crippen molar-refractivity contribution in [1.82, 2.24) is 0 Å². The Kier molecular flexibility index (Phi) is 6.82. The Morgan fingerprint density at radius 1 is 0.939 bits per heavy atom. The molecule has 0 radical (unpaired) electrons. The summed E-state index contributed by atoms with van der Waals surface area (Å²) in [6.45, 7) is 2.75. The number of halogens is 7. The topological polar surface area (TPSA) is 61.8 Å². The smallest absolute Gasteiger partial charge is 0.453 e. The molecule has 2 atom stereocenters. The van der Waals surface area contributed by atoms with E-state index in [9.17, 15) is 40.3 Å². The van der Waals surface area contributed by atoms with Crippen LogP contribution in [0.4, 0.5) is 30.7 Å². The number of alkyl halides is 7. The molecule has 0 aliphatic heterocycles. The van der Waals surface area contributed by atoms with E-state index in [2.05, 4.69) is 11.3 Å². The first-order valence-electron chi connectivity index (χ1n) is 10.6. The molecule has 33 heavy (non-hydrogen) atoms. The molecule has 4 saturated carbocycles. The number of hydrogen-bond acceptors (Lipinski definition) is 5. The van der Waals surface area contributed by atoms with Crippen LogP contribution in [-0.2, 0) is 23.8 Å². The lowest BCUT2D eigenvalue weighted by Crippen LogP contribution is -2.61. The van der Waals surface area contributed by atoms with Crippen molar-refractivity contribution in [3.8, 4) is 0 Å². The van der Waals surface area contributed by atoms with Gasteiger partial charge in [-0.25, -0.2) is 13.6 Å². The van der Waals surface area contributed by atoms with Crippen LogP contribution in [0.2, 0.25) is 0 Å². The van der Waals surface area contributed by atoms with Gasteiger partial charge in [-0.05, 0) is 43.9 Å². The highest BCUT2D eigenvalue weighted by atomic mass is 19.4. The molecule has 4 rings (SSSR count). The third kappa shape index (κ3) is 5.99. The Bertz CT molecular complexity index is 765. The average Bonchev–Trinajstić information content (AvgIpc) is 2.61. The van der Waals surface area contributed by atoms with E-state index < -0.39 is 60.6 Å². The maximum atomic E-state index is 13.5. The second kappa shape index (κ2) is 8.74. The van der Waals surface area contributed by atoms with Gasteiger partial charge in [0.2, 0.25) is 0 Å². The van der Waals surface area contributed by atoms with Gasteiger partial charge in [0.05, 0.1) is 18.6 Å². The van der Waals surface area contributed by atoms with E-state index in [1.165, 1.54) is 0 Å². The summed E-state index contributed by atoms with van der Waals surface area (Å²) in [6.07, 6.45) is -5.57. The van der Waals surface area contributed by atoms with Gasteiger partial charge in [0.15, 0.2) is 0 Å². The first kappa shape index (κ1) is 25.8. The Balaban J connectivity index is 1.48. The monoisotopic (exact) mass is 490 g/mol. The summed E-state index contributed by atoms with van der Waals surface area (Å²) >= 11 is 0. The van der Waals surface area contributed by atoms with Crippen molar-refractivity contribution in [2.24, 2.45) is 11.8 Å². The van der Waals surface area contributed by atoms with Crippen molar-refractivity contribution in [3.63, 3.8) is 0 Å². The Labute approximate surface area is 185 Å². The largest absolute Gasteiger partial charge is 0.463 e. The van der Waals surface area contributed by atoms with Crippen molar-refractivity contribution >= 4 is 11.9 Å². The molecule has 0 saturated heterocycles. The minimum absolute atomic E-state index is 0.180. The highest BCUT2D eigenvalue weighted by molar-refractivity contribution is 5.81. The second-order valence-corrected chi connectivity index (χ2v) is 9.43. The first-order chi connectivity index (χ1) is 15.1. The van der Waals surface area contributed by atoms with Crippen LogP contribution in [0.5, 0.6) is 0 Å². The van der Waals surface area contributed by atoms with Crippen LogP contribution in [0, 0.1) is 11.8 Å². The van der Waals surface area contributed by atoms with E-state index in [1.54, 1.807) is 0 Å². The van der Waals surface area contributed by atoms with Crippen LogP contribution in [-0.4, -0.2) is 54.4 Å². The van der Waals surface area contributed by atoms with E-state index in [-0.39, 0.29) is 18.4 Å². The van der Waals surface area contributed by atoms with Gasteiger partial charge in [0.25, 0.3) is 5.92 Å². The Hall–Kier alpha value is -1.85. The Morgan fingerprint density at radius 3 is 2.06 bits per heavy atom. The lowest BCUT2D eigenvalue weighted by atomic mass is 9.52. The highest BCUT2D eigenvalue weighted by Crippen LogP contribution is 2.60. The van der Waals surface area contributed by atoms with Crippen LogP contribution < -0.4 is 0 Å². The van der Waals surface area contributed by atoms with Crippen molar-refractivity contribution in [1.29, 1.82) is 0 Å². The first-order valence-corrected chi connectivity index (χ1v) is 10.6. The summed E-state index contributed by atoms with van der Waals surface area (Å²) < 4.78 is 105. The maximum absolute atomic E-state index is 13.5. The molecule has 188 valence electrons. The number of esters is 2. The van der Waals surface area contributed by atoms with Crippen LogP contribution in [0.3, 0.4) is 0 Å². The minimum atomic E-state index is -6.15. The summed E-state index contributed by atoms with van der Waals surface area (Å²) in [4.78, 5) is 23.4. The van der Waals surface area contributed by atoms with Gasteiger partial charge in [0.1, 0.15) is 18.6 Å². The van der Waals surface area contributed by atoms with Crippen LogP contribution >= 0.6 is 0 Å². The molecule has 0 aromatic rings. The number of carbonyl (C=O) groups is 2. The molecule has 0 aromatic carbocycles. The van der Waals surface area contributed by atoms with E-state index >= 15 is 0 Å². The number of ether oxygens (including phenoxy) is 3. The highest BCUT2D eigenvalue weighted by Gasteiger charge is 2.62. The predicted molar refractivity (Wildman–Crippen MR) is 98.5 cm³/mol. The molecule has 0 amide bonds. The van der Waals surface area contributed by atoms with Gasteiger partial charge in [-0.15, -0.1) is 0 Å². The normalized spacial score (nSPS) is 31.4. The van der Waals surface area contributed by atoms with Crippen molar-refractivity contribution in [2.45, 2.75) is 80.6 Å². The zero-order chi connectivity index (χ0) is 24.7. The molecule has 0 N–H and O–H groups in total. The lowest BCUT2D eigenvalue weighted by molar-refractivity contribution is -0.300. The van der Waals surface area contributed by atoms with E-state index in [0.717, 1.165) is 12.5 Å². The molecular weight excluding hydrogens is 465 g/mol. The fraction of sp³-hybridized carbons (Fsp3) is 0.810. The molecule has 4 fully saturated rings. The third-order valence-electron chi connectivity index (χ3n) is 6.49. The van der Waals surface area contributed by atoms with Crippen molar-refractivity contribution in [2.75, 3.05) is 13.2 Å². The molecule has 0 spiro atoms. The molecule has 12 heteroatoms. The summed E-state index contributed by atoms with van der Waals surface area (Å²) in [7, 11) is 0. The molecule has 5 nitrogen and oxygen atoms in total. The fourth-order valence-corrected chi connectivity index (χ4v) is 5.80. The molecule has 4 aliphatic carbocycles. The van der Waals surface area contributed by atoms with E-state index in [4.69, 9.17) is 9.47 Å².